The van der Waals surface area contributed by atoms with Gasteiger partial charge >= 0.3 is 5.97 Å². The van der Waals surface area contributed by atoms with E-state index in [0.717, 1.165) is 12.8 Å². The Labute approximate surface area is 77.2 Å². The van der Waals surface area contributed by atoms with Crippen LogP contribution in [-0.4, -0.2) is 46.3 Å². The highest BCUT2D eigenvalue weighted by Gasteiger charge is 2.48. The Balaban J connectivity index is 2.21. The molecule has 4 atom stereocenters. The van der Waals surface area contributed by atoms with E-state index in [9.17, 15) is 9.90 Å². The second-order valence-electron chi connectivity index (χ2n) is 4.13. The largest absolute Gasteiger partial charge is 0.481 e. The van der Waals surface area contributed by atoms with E-state index in [1.807, 2.05) is 7.05 Å². The molecule has 0 spiro atoms. The number of nitrogens with zero attached hydrogens (tertiary/aromatic N) is 1. The maximum Gasteiger partial charge on any atom is 0.310 e. The van der Waals surface area contributed by atoms with Gasteiger partial charge in [-0.15, -0.1) is 0 Å². The first-order chi connectivity index (χ1) is 6.11. The molecule has 2 heterocycles. The van der Waals surface area contributed by atoms with Crippen molar-refractivity contribution >= 4 is 5.97 Å². The molecule has 74 valence electrons. The van der Waals surface area contributed by atoms with Gasteiger partial charge in [-0.25, -0.2) is 0 Å². The third-order valence-corrected chi connectivity index (χ3v) is 3.52. The van der Waals surface area contributed by atoms with E-state index in [1.165, 1.54) is 0 Å². The normalized spacial score (nSPS) is 45.1. The lowest BCUT2D eigenvalue weighted by Crippen LogP contribution is -2.51. The number of rotatable bonds is 1. The number of aliphatic hydroxyl groups is 1. The molecule has 0 aliphatic carbocycles. The van der Waals surface area contributed by atoms with Crippen LogP contribution in [0.15, 0.2) is 0 Å². The Morgan fingerprint density at radius 2 is 2.15 bits per heavy atom. The molecule has 0 aromatic carbocycles. The van der Waals surface area contributed by atoms with Crippen LogP contribution in [0, 0.1) is 5.92 Å². The fraction of sp³-hybridized carbons (Fsp3) is 0.889. The number of piperidine rings is 1. The maximum atomic E-state index is 10.9. The number of carboxylic acid groups (broad SMARTS) is 1. The van der Waals surface area contributed by atoms with Crippen LogP contribution in [0.4, 0.5) is 0 Å². The monoisotopic (exact) mass is 185 g/mol. The first-order valence-electron chi connectivity index (χ1n) is 4.74. The third-order valence-electron chi connectivity index (χ3n) is 3.52. The molecule has 2 bridgehead atoms. The topological polar surface area (TPSA) is 60.8 Å². The third kappa shape index (κ3) is 1.25. The fourth-order valence-corrected chi connectivity index (χ4v) is 2.77. The van der Waals surface area contributed by atoms with Crippen LogP contribution in [-0.2, 0) is 4.79 Å². The zero-order valence-corrected chi connectivity index (χ0v) is 7.68. The zero-order valence-electron chi connectivity index (χ0n) is 7.68. The molecule has 4 heteroatoms. The van der Waals surface area contributed by atoms with E-state index >= 15 is 0 Å². The summed E-state index contributed by atoms with van der Waals surface area (Å²) in [6, 6.07) is 0.446. The summed E-state index contributed by atoms with van der Waals surface area (Å²) < 4.78 is 0. The molecule has 2 aliphatic rings. The highest BCUT2D eigenvalue weighted by molar-refractivity contribution is 5.72. The van der Waals surface area contributed by atoms with Gasteiger partial charge in [-0.2, -0.15) is 0 Å². The van der Waals surface area contributed by atoms with Gasteiger partial charge in [0, 0.05) is 12.1 Å². The molecule has 4 nitrogen and oxygen atoms in total. The zero-order chi connectivity index (χ0) is 9.59. The van der Waals surface area contributed by atoms with Crippen molar-refractivity contribution in [1.82, 2.24) is 4.90 Å². The smallest absolute Gasteiger partial charge is 0.310 e. The summed E-state index contributed by atoms with van der Waals surface area (Å²) in [6.45, 7) is 0. The Bertz CT molecular complexity index is 231. The quantitative estimate of drug-likeness (QED) is 0.599. The molecule has 0 aromatic rings. The molecule has 0 saturated carbocycles. The summed E-state index contributed by atoms with van der Waals surface area (Å²) in [5.74, 6) is -1.44. The van der Waals surface area contributed by atoms with E-state index in [4.69, 9.17) is 5.11 Å². The molecule has 0 unspecified atom stereocenters. The Hall–Kier alpha value is -0.610. The van der Waals surface area contributed by atoms with Crippen molar-refractivity contribution in [1.29, 1.82) is 0 Å². The second kappa shape index (κ2) is 2.96. The molecular formula is C9H15NO3. The number of hydrogen-bond donors (Lipinski definition) is 2. The molecule has 2 aliphatic heterocycles. The number of hydrogen-bond acceptors (Lipinski definition) is 3. The lowest BCUT2D eigenvalue weighted by molar-refractivity contribution is -0.151. The Kier molecular flexibility index (Phi) is 2.04. The molecule has 0 amide bonds. The number of fused-ring (bicyclic) bond motifs is 2. The van der Waals surface area contributed by atoms with E-state index in [-0.39, 0.29) is 6.04 Å². The summed E-state index contributed by atoms with van der Waals surface area (Å²) in [5, 5.41) is 18.6. The van der Waals surface area contributed by atoms with Crippen LogP contribution in [0.1, 0.15) is 19.3 Å². The number of aliphatic carboxylic acids is 1. The number of carbonyl (C=O) groups is 1. The van der Waals surface area contributed by atoms with Crippen LogP contribution in [0.5, 0.6) is 0 Å². The fourth-order valence-electron chi connectivity index (χ4n) is 2.77. The number of aliphatic hydroxyl groups excluding tert-OH is 1. The summed E-state index contributed by atoms with van der Waals surface area (Å²) in [5.41, 5.74) is 0. The molecule has 2 fully saturated rings. The average Bonchev–Trinajstić information content (AvgIpc) is 2.34. The molecule has 13 heavy (non-hydrogen) atoms. The van der Waals surface area contributed by atoms with Crippen molar-refractivity contribution in [3.63, 3.8) is 0 Å². The van der Waals surface area contributed by atoms with E-state index < -0.39 is 18.0 Å². The minimum atomic E-state index is -0.857. The van der Waals surface area contributed by atoms with E-state index in [1.54, 1.807) is 0 Å². The Morgan fingerprint density at radius 3 is 2.77 bits per heavy atom. The van der Waals surface area contributed by atoms with Gasteiger partial charge in [-0.05, 0) is 26.3 Å². The molecule has 0 radical (unpaired) electrons. The minimum absolute atomic E-state index is 0.0475. The van der Waals surface area contributed by atoms with Gasteiger partial charge in [0.05, 0.1) is 12.0 Å². The van der Waals surface area contributed by atoms with Crippen LogP contribution < -0.4 is 0 Å². The van der Waals surface area contributed by atoms with Crippen molar-refractivity contribution in [2.45, 2.75) is 37.5 Å². The summed E-state index contributed by atoms with van der Waals surface area (Å²) in [6.07, 6.45) is 1.91. The van der Waals surface area contributed by atoms with Crippen LogP contribution >= 0.6 is 0 Å². The van der Waals surface area contributed by atoms with Crippen molar-refractivity contribution < 1.29 is 15.0 Å². The standard InChI is InChI=1S/C9H15NO3/c1-10-5-2-3-6(10)8(9(12)13)7(11)4-5/h5-8,11H,2-4H2,1H3,(H,12,13)/t5-,6+,7-,8-/m1/s1. The summed E-state index contributed by atoms with van der Waals surface area (Å²) in [4.78, 5) is 13.0. The lowest BCUT2D eigenvalue weighted by atomic mass is 9.88. The molecule has 2 N–H and O–H groups in total. The van der Waals surface area contributed by atoms with Gasteiger partial charge in [0.25, 0.3) is 0 Å². The van der Waals surface area contributed by atoms with Gasteiger partial charge in [-0.1, -0.05) is 0 Å². The van der Waals surface area contributed by atoms with Crippen molar-refractivity contribution in [3.8, 4) is 0 Å². The second-order valence-corrected chi connectivity index (χ2v) is 4.13. The maximum absolute atomic E-state index is 10.9. The van der Waals surface area contributed by atoms with Gasteiger partial charge in [0.2, 0.25) is 0 Å². The van der Waals surface area contributed by atoms with E-state index in [0.29, 0.717) is 12.5 Å². The number of carboxylic acids is 1. The van der Waals surface area contributed by atoms with Gasteiger partial charge in [0.1, 0.15) is 0 Å². The van der Waals surface area contributed by atoms with Gasteiger partial charge < -0.3 is 10.2 Å². The van der Waals surface area contributed by atoms with Crippen molar-refractivity contribution in [2.75, 3.05) is 7.05 Å². The highest BCUT2D eigenvalue weighted by Crippen LogP contribution is 2.38. The predicted octanol–water partition coefficient (Wildman–Crippen LogP) is -0.0854. The SMILES string of the molecule is CN1[C@@H]2CC[C@H]1[C@@H](C(=O)O)[C@H](O)C2. The molecule has 2 rings (SSSR count). The van der Waals surface area contributed by atoms with Crippen molar-refractivity contribution in [3.05, 3.63) is 0 Å². The molecule has 2 saturated heterocycles. The minimum Gasteiger partial charge on any atom is -0.481 e. The van der Waals surface area contributed by atoms with Gasteiger partial charge in [-0.3, -0.25) is 9.69 Å². The summed E-state index contributed by atoms with van der Waals surface area (Å²) >= 11 is 0. The first-order valence-corrected chi connectivity index (χ1v) is 4.74. The predicted molar refractivity (Wildman–Crippen MR) is 46.3 cm³/mol. The van der Waals surface area contributed by atoms with Crippen LogP contribution in [0.2, 0.25) is 0 Å². The Morgan fingerprint density at radius 1 is 1.46 bits per heavy atom. The lowest BCUT2D eigenvalue weighted by Gasteiger charge is -2.38. The van der Waals surface area contributed by atoms with Crippen molar-refractivity contribution in [2.24, 2.45) is 5.92 Å². The molecular weight excluding hydrogens is 170 g/mol. The van der Waals surface area contributed by atoms with Crippen LogP contribution in [0.25, 0.3) is 0 Å². The first kappa shape index (κ1) is 8.97. The van der Waals surface area contributed by atoms with Crippen LogP contribution in [0.3, 0.4) is 0 Å². The van der Waals surface area contributed by atoms with E-state index in [2.05, 4.69) is 4.90 Å². The van der Waals surface area contributed by atoms with Gasteiger partial charge in [0.15, 0.2) is 0 Å². The average molecular weight is 185 g/mol. The summed E-state index contributed by atoms with van der Waals surface area (Å²) in [7, 11) is 1.96. The molecule has 0 aromatic heterocycles. The highest BCUT2D eigenvalue weighted by atomic mass is 16.4.